The molecular formula is C26H41N5O6S. The Bertz CT molecular complexity index is 1240. The maximum atomic E-state index is 13.3. The lowest BCUT2D eigenvalue weighted by Crippen LogP contribution is -2.38. The number of ether oxygens (including phenoxy) is 1. The van der Waals surface area contributed by atoms with Gasteiger partial charge in [-0.15, -0.1) is 5.11 Å². The normalized spacial score (nSPS) is 13.2. The molecule has 0 bridgehead atoms. The van der Waals surface area contributed by atoms with E-state index in [1.165, 1.54) is 28.6 Å². The van der Waals surface area contributed by atoms with E-state index in [0.29, 0.717) is 18.2 Å². The maximum absolute atomic E-state index is 13.3. The molecule has 1 unspecified atom stereocenters. The van der Waals surface area contributed by atoms with E-state index in [1.54, 1.807) is 6.92 Å². The summed E-state index contributed by atoms with van der Waals surface area (Å²) in [6.45, 7) is 10.0. The molecule has 1 aromatic carbocycles. The quantitative estimate of drug-likeness (QED) is 0.222. The van der Waals surface area contributed by atoms with Gasteiger partial charge in [0.2, 0.25) is 15.9 Å². The Hall–Kier alpha value is -2.80. The summed E-state index contributed by atoms with van der Waals surface area (Å²) in [6, 6.07) is 5.87. The first-order valence-electron chi connectivity index (χ1n) is 12.9. The van der Waals surface area contributed by atoms with Gasteiger partial charge in [-0.1, -0.05) is 33.6 Å². The number of benzene rings is 1. The summed E-state index contributed by atoms with van der Waals surface area (Å²) in [5, 5.41) is 27.3. The van der Waals surface area contributed by atoms with Crippen LogP contribution in [0.2, 0.25) is 0 Å². The molecular weight excluding hydrogens is 510 g/mol. The molecule has 38 heavy (non-hydrogen) atoms. The van der Waals surface area contributed by atoms with E-state index in [-0.39, 0.29) is 54.2 Å². The summed E-state index contributed by atoms with van der Waals surface area (Å²) in [7, 11) is -3.69. The van der Waals surface area contributed by atoms with Crippen molar-refractivity contribution >= 4 is 27.1 Å². The topological polar surface area (TPSA) is 160 Å². The second kappa shape index (κ2) is 14.4. The summed E-state index contributed by atoms with van der Waals surface area (Å²) < 4.78 is 34.3. The van der Waals surface area contributed by atoms with Crippen molar-refractivity contribution in [2.75, 3.05) is 32.1 Å². The van der Waals surface area contributed by atoms with Crippen molar-refractivity contribution in [1.82, 2.24) is 8.87 Å². The minimum Gasteiger partial charge on any atom is -0.493 e. The van der Waals surface area contributed by atoms with Gasteiger partial charge >= 0.3 is 0 Å². The van der Waals surface area contributed by atoms with E-state index in [4.69, 9.17) is 15.6 Å². The lowest BCUT2D eigenvalue weighted by molar-refractivity contribution is 0.0854. The van der Waals surface area contributed by atoms with Gasteiger partial charge in [0.1, 0.15) is 0 Å². The largest absolute Gasteiger partial charge is 0.493 e. The Labute approximate surface area is 225 Å². The third kappa shape index (κ3) is 7.85. The number of aliphatic hydroxyl groups is 1. The highest BCUT2D eigenvalue weighted by atomic mass is 32.2. The smallest absolute Gasteiger partial charge is 0.281 e. The van der Waals surface area contributed by atoms with Crippen LogP contribution in [-0.4, -0.2) is 59.9 Å². The fraction of sp³-hybridized carbons (Fsp3) is 0.577. The van der Waals surface area contributed by atoms with Crippen molar-refractivity contribution in [3.05, 3.63) is 40.2 Å². The van der Waals surface area contributed by atoms with Gasteiger partial charge < -0.3 is 20.7 Å². The Morgan fingerprint density at radius 3 is 2.34 bits per heavy atom. The number of aromatic hydroxyl groups is 1. The molecule has 1 atom stereocenters. The van der Waals surface area contributed by atoms with Crippen LogP contribution in [0.1, 0.15) is 52.5 Å². The average Bonchev–Trinajstić information content (AvgIpc) is 2.87. The molecule has 2 rings (SSSR count). The van der Waals surface area contributed by atoms with E-state index in [1.807, 2.05) is 13.8 Å². The summed E-state index contributed by atoms with van der Waals surface area (Å²) in [5.74, 6) is 0.179. The molecule has 0 fully saturated rings. The van der Waals surface area contributed by atoms with Crippen LogP contribution in [0, 0.1) is 12.8 Å². The van der Waals surface area contributed by atoms with Crippen LogP contribution in [0.15, 0.2) is 44.2 Å². The predicted octanol–water partition coefficient (Wildman–Crippen LogP) is 4.09. The Morgan fingerprint density at radius 2 is 1.76 bits per heavy atom. The van der Waals surface area contributed by atoms with Crippen molar-refractivity contribution in [2.24, 2.45) is 16.1 Å². The van der Waals surface area contributed by atoms with E-state index in [0.717, 1.165) is 23.8 Å². The summed E-state index contributed by atoms with van der Waals surface area (Å²) >= 11 is 0. The summed E-state index contributed by atoms with van der Waals surface area (Å²) in [5.41, 5.74) is 5.92. The molecule has 11 nitrogen and oxygen atoms in total. The SMILES string of the molecule is CCN(C(C)CCCC(C)C)S(=O)(=O)c1ccc(N=Nc2c(C)c(N)c(O)n(CCOCCO)c2=O)cc1. The molecule has 0 aliphatic carbocycles. The van der Waals surface area contributed by atoms with E-state index < -0.39 is 21.5 Å². The number of aromatic nitrogens is 1. The molecule has 0 aliphatic heterocycles. The number of nitrogen functional groups attached to an aromatic ring is 1. The van der Waals surface area contributed by atoms with E-state index in [9.17, 15) is 18.3 Å². The second-order valence-electron chi connectivity index (χ2n) is 9.58. The van der Waals surface area contributed by atoms with Crippen molar-refractivity contribution in [3.8, 4) is 5.88 Å². The standard InChI is InChI=1S/C26H41N5O6S/c1-6-31(19(4)9-7-8-18(2)3)38(35,36)22-12-10-21(11-13-22)28-29-24-20(5)23(27)25(33)30(26(24)34)14-16-37-17-15-32/h10-13,18-19,32-33H,6-9,14-17,27H2,1-5H3. The highest BCUT2D eigenvalue weighted by Gasteiger charge is 2.27. The summed E-state index contributed by atoms with van der Waals surface area (Å²) in [4.78, 5) is 13.1. The van der Waals surface area contributed by atoms with Crippen molar-refractivity contribution < 1.29 is 23.4 Å². The van der Waals surface area contributed by atoms with Gasteiger partial charge in [0.25, 0.3) is 5.56 Å². The third-order valence-electron chi connectivity index (χ3n) is 6.31. The monoisotopic (exact) mass is 551 g/mol. The van der Waals surface area contributed by atoms with Crippen molar-refractivity contribution in [1.29, 1.82) is 0 Å². The van der Waals surface area contributed by atoms with Crippen LogP contribution in [0.25, 0.3) is 0 Å². The van der Waals surface area contributed by atoms with Crippen LogP contribution in [0.4, 0.5) is 17.1 Å². The second-order valence-corrected chi connectivity index (χ2v) is 11.5. The number of pyridine rings is 1. The molecule has 0 saturated heterocycles. The van der Waals surface area contributed by atoms with Crippen LogP contribution in [-0.2, 0) is 21.3 Å². The van der Waals surface area contributed by atoms with Gasteiger partial charge in [-0.25, -0.2) is 8.42 Å². The molecule has 4 N–H and O–H groups in total. The van der Waals surface area contributed by atoms with Gasteiger partial charge in [0.05, 0.1) is 42.6 Å². The number of hydrogen-bond donors (Lipinski definition) is 3. The minimum atomic E-state index is -3.69. The predicted molar refractivity (Wildman–Crippen MR) is 148 cm³/mol. The number of rotatable bonds is 15. The van der Waals surface area contributed by atoms with Crippen LogP contribution < -0.4 is 11.3 Å². The summed E-state index contributed by atoms with van der Waals surface area (Å²) in [6.07, 6.45) is 2.80. The Kier molecular flexibility index (Phi) is 11.9. The highest BCUT2D eigenvalue weighted by Crippen LogP contribution is 2.30. The molecule has 212 valence electrons. The molecule has 2 aromatic rings. The van der Waals surface area contributed by atoms with Gasteiger partial charge in [0.15, 0.2) is 5.69 Å². The minimum absolute atomic E-state index is 0.00798. The fourth-order valence-corrected chi connectivity index (χ4v) is 5.75. The number of nitrogens with zero attached hydrogens (tertiary/aromatic N) is 4. The Balaban J connectivity index is 2.25. The highest BCUT2D eigenvalue weighted by molar-refractivity contribution is 7.89. The van der Waals surface area contributed by atoms with Gasteiger partial charge in [-0.3, -0.25) is 9.36 Å². The average molecular weight is 552 g/mol. The first-order valence-corrected chi connectivity index (χ1v) is 14.3. The van der Waals surface area contributed by atoms with Crippen LogP contribution >= 0.6 is 0 Å². The maximum Gasteiger partial charge on any atom is 0.281 e. The molecule has 0 radical (unpaired) electrons. The molecule has 12 heteroatoms. The molecule has 0 amide bonds. The van der Waals surface area contributed by atoms with Gasteiger partial charge in [-0.05, 0) is 50.5 Å². The molecule has 0 aliphatic rings. The zero-order valence-electron chi connectivity index (χ0n) is 22.9. The Morgan fingerprint density at radius 1 is 1.11 bits per heavy atom. The van der Waals surface area contributed by atoms with Crippen LogP contribution in [0.5, 0.6) is 5.88 Å². The zero-order chi connectivity index (χ0) is 28.5. The molecule has 1 aromatic heterocycles. The van der Waals surface area contributed by atoms with Gasteiger partial charge in [0, 0.05) is 18.2 Å². The van der Waals surface area contributed by atoms with Crippen molar-refractivity contribution in [2.45, 2.75) is 71.4 Å². The molecule has 0 spiro atoms. The van der Waals surface area contributed by atoms with E-state index >= 15 is 0 Å². The van der Waals surface area contributed by atoms with Gasteiger partial charge in [-0.2, -0.15) is 9.42 Å². The molecule has 1 heterocycles. The number of sulfonamides is 1. The number of azo groups is 1. The van der Waals surface area contributed by atoms with Crippen LogP contribution in [0.3, 0.4) is 0 Å². The molecule has 0 saturated carbocycles. The number of hydrogen-bond acceptors (Lipinski definition) is 9. The van der Waals surface area contributed by atoms with E-state index in [2.05, 4.69) is 24.1 Å². The number of nitrogens with two attached hydrogens (primary N) is 1. The lowest BCUT2D eigenvalue weighted by Gasteiger charge is -2.27. The first kappa shape index (κ1) is 31.4. The zero-order valence-corrected chi connectivity index (χ0v) is 23.7. The number of aliphatic hydroxyl groups excluding tert-OH is 1. The lowest BCUT2D eigenvalue weighted by atomic mass is 10.0. The third-order valence-corrected chi connectivity index (χ3v) is 8.42. The van der Waals surface area contributed by atoms with Crippen molar-refractivity contribution in [3.63, 3.8) is 0 Å². The first-order chi connectivity index (χ1) is 17.9. The number of anilines is 1. The fourth-order valence-electron chi connectivity index (χ4n) is 4.08.